The maximum Gasteiger partial charge on any atom is 0.236 e. The van der Waals surface area contributed by atoms with Gasteiger partial charge in [-0.05, 0) is 5.92 Å². The molecule has 7 heteroatoms. The molecule has 1 aliphatic heterocycles. The highest BCUT2D eigenvalue weighted by molar-refractivity contribution is 6.30. The quantitative estimate of drug-likeness (QED) is 0.812. The van der Waals surface area contributed by atoms with Crippen LogP contribution in [0.25, 0.3) is 0 Å². The third-order valence-electron chi connectivity index (χ3n) is 4.35. The maximum atomic E-state index is 11.8. The average molecular weight is 342 g/mol. The fourth-order valence-electron chi connectivity index (χ4n) is 2.84. The van der Waals surface area contributed by atoms with Gasteiger partial charge in [-0.15, -0.1) is 0 Å². The van der Waals surface area contributed by atoms with E-state index in [0.29, 0.717) is 12.5 Å². The Hall–Kier alpha value is -1.11. The minimum atomic E-state index is 0.163. The number of aromatic nitrogens is 2. The van der Waals surface area contributed by atoms with Crippen LogP contribution in [0, 0.1) is 0 Å². The van der Waals surface area contributed by atoms with E-state index in [2.05, 4.69) is 28.7 Å². The molecule has 1 fully saturated rings. The number of amides is 1. The number of piperazine rings is 1. The van der Waals surface area contributed by atoms with Gasteiger partial charge >= 0.3 is 0 Å². The summed E-state index contributed by atoms with van der Waals surface area (Å²) in [7, 11) is 5.50. The van der Waals surface area contributed by atoms with Gasteiger partial charge in [-0.25, -0.2) is 0 Å². The molecule has 130 valence electrons. The summed E-state index contributed by atoms with van der Waals surface area (Å²) in [4.78, 5) is 18.1. The van der Waals surface area contributed by atoms with E-state index in [1.165, 1.54) is 0 Å². The maximum absolute atomic E-state index is 11.8. The number of carbonyl (C=O) groups excluding carboxylic acids is 1. The van der Waals surface area contributed by atoms with E-state index in [4.69, 9.17) is 11.6 Å². The molecule has 1 aromatic rings. The Morgan fingerprint density at radius 1 is 1.22 bits per heavy atom. The van der Waals surface area contributed by atoms with E-state index < -0.39 is 0 Å². The van der Waals surface area contributed by atoms with Crippen LogP contribution in [0.1, 0.15) is 31.0 Å². The standard InChI is InChI=1S/C16H28ClN5O/c1-12(2)15-13(16(17)20(5)18-15)10-21-6-8-22(9-7-21)11-14(23)19(3)4/h12H,6-11H2,1-5H3. The first-order valence-electron chi connectivity index (χ1n) is 8.15. The zero-order chi connectivity index (χ0) is 17.1. The van der Waals surface area contributed by atoms with Gasteiger partial charge in [-0.2, -0.15) is 5.10 Å². The van der Waals surface area contributed by atoms with Gasteiger partial charge < -0.3 is 4.90 Å². The molecule has 1 saturated heterocycles. The summed E-state index contributed by atoms with van der Waals surface area (Å²) >= 11 is 6.42. The van der Waals surface area contributed by atoms with E-state index >= 15 is 0 Å². The van der Waals surface area contributed by atoms with Crippen LogP contribution in [-0.2, 0) is 18.4 Å². The van der Waals surface area contributed by atoms with Crippen molar-refractivity contribution in [1.82, 2.24) is 24.5 Å². The highest BCUT2D eigenvalue weighted by Crippen LogP contribution is 2.26. The van der Waals surface area contributed by atoms with Crippen LogP contribution < -0.4 is 0 Å². The average Bonchev–Trinajstić information content (AvgIpc) is 2.77. The molecule has 0 atom stereocenters. The van der Waals surface area contributed by atoms with Gasteiger partial charge in [0.15, 0.2) is 0 Å². The van der Waals surface area contributed by atoms with Crippen molar-refractivity contribution in [2.45, 2.75) is 26.3 Å². The molecule has 0 aromatic carbocycles. The highest BCUT2D eigenvalue weighted by Gasteiger charge is 2.23. The lowest BCUT2D eigenvalue weighted by Crippen LogP contribution is -2.49. The first kappa shape index (κ1) is 18.2. The Balaban J connectivity index is 1.93. The summed E-state index contributed by atoms with van der Waals surface area (Å²) in [5, 5.41) is 5.28. The third kappa shape index (κ3) is 4.46. The molecule has 0 aliphatic carbocycles. The molecule has 0 N–H and O–H groups in total. The van der Waals surface area contributed by atoms with Crippen molar-refractivity contribution in [3.05, 3.63) is 16.4 Å². The number of hydrogen-bond acceptors (Lipinski definition) is 4. The molecule has 0 saturated carbocycles. The molecule has 6 nitrogen and oxygen atoms in total. The second kappa shape index (κ2) is 7.64. The first-order valence-corrected chi connectivity index (χ1v) is 8.53. The fraction of sp³-hybridized carbons (Fsp3) is 0.750. The monoisotopic (exact) mass is 341 g/mol. The van der Waals surface area contributed by atoms with E-state index in [1.807, 2.05) is 7.05 Å². The number of likely N-dealkylation sites (N-methyl/N-ethyl adjacent to an activating group) is 1. The molecule has 1 aliphatic rings. The number of nitrogens with zero attached hydrogens (tertiary/aromatic N) is 5. The van der Waals surface area contributed by atoms with Crippen LogP contribution in [-0.4, -0.2) is 77.2 Å². The van der Waals surface area contributed by atoms with Crippen LogP contribution in [0.4, 0.5) is 0 Å². The SMILES string of the molecule is CC(C)c1nn(C)c(Cl)c1CN1CCN(CC(=O)N(C)C)CC1. The summed E-state index contributed by atoms with van der Waals surface area (Å²) in [5.74, 6) is 0.526. The third-order valence-corrected chi connectivity index (χ3v) is 4.82. The number of carbonyl (C=O) groups is 1. The van der Waals surface area contributed by atoms with Crippen molar-refractivity contribution in [3.63, 3.8) is 0 Å². The smallest absolute Gasteiger partial charge is 0.236 e. The van der Waals surface area contributed by atoms with Crippen molar-refractivity contribution in [2.24, 2.45) is 7.05 Å². The fourth-order valence-corrected chi connectivity index (χ4v) is 3.03. The zero-order valence-electron chi connectivity index (χ0n) is 14.8. The van der Waals surface area contributed by atoms with Crippen LogP contribution in [0.15, 0.2) is 0 Å². The molecule has 1 aromatic heterocycles. The minimum Gasteiger partial charge on any atom is -0.348 e. The van der Waals surface area contributed by atoms with Crippen molar-refractivity contribution >= 4 is 17.5 Å². The summed E-state index contributed by atoms with van der Waals surface area (Å²) < 4.78 is 1.76. The Bertz CT molecular complexity index is 547. The van der Waals surface area contributed by atoms with E-state index in [9.17, 15) is 4.79 Å². The number of aryl methyl sites for hydroxylation is 1. The number of halogens is 1. The lowest BCUT2D eigenvalue weighted by Gasteiger charge is -2.34. The van der Waals surface area contributed by atoms with Crippen LogP contribution in [0.5, 0.6) is 0 Å². The summed E-state index contributed by atoms with van der Waals surface area (Å²) in [6.45, 7) is 9.34. The van der Waals surface area contributed by atoms with Crippen molar-refractivity contribution < 1.29 is 4.79 Å². The molecular weight excluding hydrogens is 314 g/mol. The van der Waals surface area contributed by atoms with Gasteiger partial charge in [0.05, 0.1) is 12.2 Å². The van der Waals surface area contributed by atoms with Crippen LogP contribution in [0.2, 0.25) is 5.15 Å². The summed E-state index contributed by atoms with van der Waals surface area (Å²) in [6.07, 6.45) is 0. The molecule has 1 amide bonds. The van der Waals surface area contributed by atoms with Crippen LogP contribution >= 0.6 is 11.6 Å². The van der Waals surface area contributed by atoms with Crippen LogP contribution in [0.3, 0.4) is 0 Å². The number of rotatable bonds is 5. The summed E-state index contributed by atoms with van der Waals surface area (Å²) in [6, 6.07) is 0. The highest BCUT2D eigenvalue weighted by atomic mass is 35.5. The van der Waals surface area contributed by atoms with Gasteiger partial charge in [0.1, 0.15) is 5.15 Å². The normalized spacial score (nSPS) is 17.0. The zero-order valence-corrected chi connectivity index (χ0v) is 15.6. The van der Waals surface area contributed by atoms with Gasteiger partial charge in [-0.3, -0.25) is 19.3 Å². The second-order valence-electron chi connectivity index (χ2n) is 6.77. The Morgan fingerprint density at radius 2 is 1.78 bits per heavy atom. The molecule has 0 radical (unpaired) electrons. The molecule has 2 rings (SSSR count). The largest absolute Gasteiger partial charge is 0.348 e. The molecule has 23 heavy (non-hydrogen) atoms. The Kier molecular flexibility index (Phi) is 6.06. The Morgan fingerprint density at radius 3 is 2.30 bits per heavy atom. The predicted octanol–water partition coefficient (Wildman–Crippen LogP) is 1.40. The van der Waals surface area contributed by atoms with E-state index in [-0.39, 0.29) is 5.91 Å². The number of hydrogen-bond donors (Lipinski definition) is 0. The molecular formula is C16H28ClN5O. The second-order valence-corrected chi connectivity index (χ2v) is 7.13. The lowest BCUT2D eigenvalue weighted by atomic mass is 10.1. The molecule has 0 spiro atoms. The van der Waals surface area contributed by atoms with Crippen molar-refractivity contribution in [1.29, 1.82) is 0 Å². The van der Waals surface area contributed by atoms with Gasteiger partial charge in [0.2, 0.25) is 5.91 Å². The minimum absolute atomic E-state index is 0.163. The van der Waals surface area contributed by atoms with E-state index in [1.54, 1.807) is 23.7 Å². The van der Waals surface area contributed by atoms with Gasteiger partial charge in [-0.1, -0.05) is 25.4 Å². The lowest BCUT2D eigenvalue weighted by molar-refractivity contribution is -0.130. The molecule has 0 bridgehead atoms. The van der Waals surface area contributed by atoms with Gasteiger partial charge in [0.25, 0.3) is 0 Å². The predicted molar refractivity (Wildman–Crippen MR) is 92.7 cm³/mol. The Labute approximate surface area is 144 Å². The van der Waals surface area contributed by atoms with Crippen molar-refractivity contribution in [2.75, 3.05) is 46.8 Å². The molecule has 2 heterocycles. The topological polar surface area (TPSA) is 44.6 Å². The summed E-state index contributed by atoms with van der Waals surface area (Å²) in [5.41, 5.74) is 2.23. The molecule has 0 unspecified atom stereocenters. The first-order chi connectivity index (χ1) is 10.8. The van der Waals surface area contributed by atoms with Gasteiger partial charge in [0, 0.05) is 59.4 Å². The van der Waals surface area contributed by atoms with Crippen molar-refractivity contribution in [3.8, 4) is 0 Å². The van der Waals surface area contributed by atoms with E-state index in [0.717, 1.165) is 49.1 Å².